The maximum Gasteiger partial charge on any atom is 0.242 e. The predicted molar refractivity (Wildman–Crippen MR) is 120 cm³/mol. The van der Waals surface area contributed by atoms with E-state index < -0.39 is 5.54 Å². The molecule has 1 amide bonds. The van der Waals surface area contributed by atoms with Gasteiger partial charge in [-0.05, 0) is 62.7 Å². The molecule has 7 nitrogen and oxygen atoms in total. The van der Waals surface area contributed by atoms with Crippen molar-refractivity contribution in [2.24, 2.45) is 5.73 Å². The zero-order valence-electron chi connectivity index (χ0n) is 18.3. The molecule has 3 N–H and O–H groups in total. The number of halogens is 1. The van der Waals surface area contributed by atoms with E-state index in [1.54, 1.807) is 36.9 Å². The third-order valence-electron chi connectivity index (χ3n) is 5.55. The lowest BCUT2D eigenvalue weighted by atomic mass is 10.1. The Balaban J connectivity index is 1.77. The fourth-order valence-corrected chi connectivity index (χ4v) is 3.80. The molecule has 0 saturated heterocycles. The Morgan fingerprint density at radius 2 is 1.94 bits per heavy atom. The van der Waals surface area contributed by atoms with E-state index >= 15 is 0 Å². The van der Waals surface area contributed by atoms with E-state index in [1.165, 1.54) is 12.1 Å². The van der Waals surface area contributed by atoms with Gasteiger partial charge in [-0.15, -0.1) is 0 Å². The molecule has 0 atom stereocenters. The van der Waals surface area contributed by atoms with Crippen LogP contribution in [0.25, 0.3) is 11.3 Å². The molecule has 0 saturated carbocycles. The molecular weight excluding hydrogens is 407 g/mol. The van der Waals surface area contributed by atoms with E-state index in [0.717, 1.165) is 22.6 Å². The van der Waals surface area contributed by atoms with Crippen LogP contribution in [0.2, 0.25) is 0 Å². The summed E-state index contributed by atoms with van der Waals surface area (Å²) in [5.41, 5.74) is 8.68. The molecule has 0 unspecified atom stereocenters. The van der Waals surface area contributed by atoms with Gasteiger partial charge in [0.1, 0.15) is 23.2 Å². The minimum atomic E-state index is -0.967. The molecule has 32 heavy (non-hydrogen) atoms. The van der Waals surface area contributed by atoms with Crippen molar-refractivity contribution in [3.05, 3.63) is 65.2 Å². The van der Waals surface area contributed by atoms with Gasteiger partial charge in [-0.1, -0.05) is 6.07 Å². The minimum Gasteiger partial charge on any atom is -0.340 e. The van der Waals surface area contributed by atoms with E-state index in [9.17, 15) is 14.4 Å². The van der Waals surface area contributed by atoms with Gasteiger partial charge < -0.3 is 20.5 Å². The smallest absolute Gasteiger partial charge is 0.242 e. The number of nitrogens with one attached hydrogen (secondary N) is 1. The van der Waals surface area contributed by atoms with Crippen molar-refractivity contribution >= 4 is 17.4 Å². The SMILES string of the molecule is Cc1ccc(Nc2c(-c3ccc(F)cc3)nc3n2CCN(C(=O)C(C)(C)N)C3)cc1C#N. The van der Waals surface area contributed by atoms with Crippen LogP contribution < -0.4 is 11.1 Å². The lowest BCUT2D eigenvalue weighted by Crippen LogP contribution is -2.52. The topological polar surface area (TPSA) is 100.0 Å². The van der Waals surface area contributed by atoms with Crippen LogP contribution in [0.15, 0.2) is 42.5 Å². The molecule has 1 aromatic heterocycles. The van der Waals surface area contributed by atoms with E-state index in [1.807, 2.05) is 23.6 Å². The second-order valence-corrected chi connectivity index (χ2v) is 8.60. The quantitative estimate of drug-likeness (QED) is 0.655. The average Bonchev–Trinajstić information content (AvgIpc) is 3.11. The lowest BCUT2D eigenvalue weighted by molar-refractivity contribution is -0.137. The lowest BCUT2D eigenvalue weighted by Gasteiger charge is -2.33. The summed E-state index contributed by atoms with van der Waals surface area (Å²) in [7, 11) is 0. The van der Waals surface area contributed by atoms with E-state index in [2.05, 4.69) is 11.4 Å². The Kier molecular flexibility index (Phi) is 5.45. The Hall–Kier alpha value is -3.70. The summed E-state index contributed by atoms with van der Waals surface area (Å²) in [5.74, 6) is 0.981. The molecule has 0 bridgehead atoms. The number of carbonyl (C=O) groups excluding carboxylic acids is 1. The standard InChI is InChI=1S/C24H25FN6O/c1-15-4-9-19(12-17(15)13-26)28-22-21(16-5-7-18(25)8-6-16)29-20-14-30(10-11-31(20)22)23(32)24(2,3)27/h4-9,12,28H,10-11,14,27H2,1-3H3. The molecule has 1 aliphatic heterocycles. The number of rotatable bonds is 4. The van der Waals surface area contributed by atoms with Crippen molar-refractivity contribution in [1.29, 1.82) is 5.26 Å². The monoisotopic (exact) mass is 432 g/mol. The van der Waals surface area contributed by atoms with Crippen molar-refractivity contribution < 1.29 is 9.18 Å². The maximum absolute atomic E-state index is 13.5. The normalized spacial score (nSPS) is 13.4. The third kappa shape index (κ3) is 4.07. The third-order valence-corrected chi connectivity index (χ3v) is 5.55. The first-order valence-electron chi connectivity index (χ1n) is 10.4. The number of carbonyl (C=O) groups is 1. The summed E-state index contributed by atoms with van der Waals surface area (Å²) in [5, 5.41) is 12.8. The summed E-state index contributed by atoms with van der Waals surface area (Å²) in [6.07, 6.45) is 0. The summed E-state index contributed by atoms with van der Waals surface area (Å²) < 4.78 is 15.5. The number of benzene rings is 2. The summed E-state index contributed by atoms with van der Waals surface area (Å²) >= 11 is 0. The van der Waals surface area contributed by atoms with Gasteiger partial charge in [0, 0.05) is 24.3 Å². The number of nitrogens with two attached hydrogens (primary N) is 1. The fraction of sp³-hybridized carbons (Fsp3) is 0.292. The highest BCUT2D eigenvalue weighted by Crippen LogP contribution is 2.34. The Labute approximate surface area is 186 Å². The van der Waals surface area contributed by atoms with E-state index in [0.29, 0.717) is 36.7 Å². The van der Waals surface area contributed by atoms with E-state index in [4.69, 9.17) is 10.7 Å². The second kappa shape index (κ2) is 8.09. The molecule has 1 aliphatic rings. The number of imidazole rings is 1. The number of anilines is 2. The Morgan fingerprint density at radius 1 is 1.22 bits per heavy atom. The molecule has 0 aliphatic carbocycles. The van der Waals surface area contributed by atoms with Gasteiger partial charge in [0.25, 0.3) is 0 Å². The number of nitriles is 1. The Morgan fingerprint density at radius 3 is 2.59 bits per heavy atom. The summed E-state index contributed by atoms with van der Waals surface area (Å²) in [6.45, 7) is 6.63. The fourth-order valence-electron chi connectivity index (χ4n) is 3.80. The summed E-state index contributed by atoms with van der Waals surface area (Å²) in [6, 6.07) is 13.9. The van der Waals surface area contributed by atoms with Crippen LogP contribution in [-0.2, 0) is 17.9 Å². The summed E-state index contributed by atoms with van der Waals surface area (Å²) in [4.78, 5) is 19.2. The molecule has 8 heteroatoms. The van der Waals surface area contributed by atoms with Gasteiger partial charge in [-0.2, -0.15) is 5.26 Å². The first-order valence-corrected chi connectivity index (χ1v) is 10.4. The number of hydrogen-bond acceptors (Lipinski definition) is 5. The van der Waals surface area contributed by atoms with Gasteiger partial charge in [0.2, 0.25) is 5.91 Å². The van der Waals surface area contributed by atoms with Crippen molar-refractivity contribution in [3.8, 4) is 17.3 Å². The number of aryl methyl sites for hydroxylation is 1. The highest BCUT2D eigenvalue weighted by Gasteiger charge is 2.32. The molecule has 3 aromatic rings. The van der Waals surface area contributed by atoms with Crippen molar-refractivity contribution in [1.82, 2.24) is 14.5 Å². The molecular formula is C24H25FN6O. The van der Waals surface area contributed by atoms with Gasteiger partial charge >= 0.3 is 0 Å². The van der Waals surface area contributed by atoms with Crippen LogP contribution >= 0.6 is 0 Å². The van der Waals surface area contributed by atoms with Crippen LogP contribution in [0, 0.1) is 24.1 Å². The number of nitrogens with zero attached hydrogens (tertiary/aromatic N) is 4. The molecule has 0 fully saturated rings. The second-order valence-electron chi connectivity index (χ2n) is 8.60. The molecule has 4 rings (SSSR count). The van der Waals surface area contributed by atoms with Crippen LogP contribution in [0.4, 0.5) is 15.9 Å². The first kappa shape index (κ1) is 21.5. The van der Waals surface area contributed by atoms with Gasteiger partial charge in [-0.3, -0.25) is 4.79 Å². The van der Waals surface area contributed by atoms with Crippen molar-refractivity contribution in [2.45, 2.75) is 39.4 Å². The van der Waals surface area contributed by atoms with Crippen molar-refractivity contribution in [3.63, 3.8) is 0 Å². The molecule has 164 valence electrons. The van der Waals surface area contributed by atoms with Crippen LogP contribution in [-0.4, -0.2) is 32.4 Å². The molecule has 0 spiro atoms. The molecule has 2 heterocycles. The van der Waals surface area contributed by atoms with Crippen molar-refractivity contribution in [2.75, 3.05) is 11.9 Å². The van der Waals surface area contributed by atoms with Crippen LogP contribution in [0.3, 0.4) is 0 Å². The number of amides is 1. The number of aromatic nitrogens is 2. The number of hydrogen-bond donors (Lipinski definition) is 2. The van der Waals surface area contributed by atoms with Crippen LogP contribution in [0.1, 0.15) is 30.8 Å². The molecule has 0 radical (unpaired) electrons. The zero-order chi connectivity index (χ0) is 23.0. The highest BCUT2D eigenvalue weighted by atomic mass is 19.1. The van der Waals surface area contributed by atoms with E-state index in [-0.39, 0.29) is 11.7 Å². The number of fused-ring (bicyclic) bond motifs is 1. The predicted octanol–water partition coefficient (Wildman–Crippen LogP) is 3.69. The molecule has 2 aromatic carbocycles. The zero-order valence-corrected chi connectivity index (χ0v) is 18.3. The van der Waals surface area contributed by atoms with Crippen LogP contribution in [0.5, 0.6) is 0 Å². The van der Waals surface area contributed by atoms with Gasteiger partial charge in [-0.25, -0.2) is 9.37 Å². The average molecular weight is 433 g/mol. The first-order chi connectivity index (χ1) is 15.2. The minimum absolute atomic E-state index is 0.137. The maximum atomic E-state index is 13.5. The highest BCUT2D eigenvalue weighted by molar-refractivity contribution is 5.85. The van der Waals surface area contributed by atoms with Gasteiger partial charge in [0.15, 0.2) is 0 Å². The largest absolute Gasteiger partial charge is 0.340 e. The van der Waals surface area contributed by atoms with Gasteiger partial charge in [0.05, 0.1) is 23.7 Å². The Bertz CT molecular complexity index is 1220.